The zero-order valence-corrected chi connectivity index (χ0v) is 16.6. The lowest BCUT2D eigenvalue weighted by molar-refractivity contribution is -0.119. The Bertz CT molecular complexity index is 909. The highest BCUT2D eigenvalue weighted by atomic mass is 32.1. The van der Waals surface area contributed by atoms with E-state index < -0.39 is 0 Å². The van der Waals surface area contributed by atoms with Crippen molar-refractivity contribution in [2.45, 2.75) is 26.3 Å². The molecule has 1 aromatic heterocycles. The van der Waals surface area contributed by atoms with Crippen LogP contribution in [0.5, 0.6) is 0 Å². The van der Waals surface area contributed by atoms with Crippen LogP contribution in [0.15, 0.2) is 60.0 Å². The maximum atomic E-state index is 12.9. The first-order valence-corrected chi connectivity index (χ1v) is 9.87. The summed E-state index contributed by atoms with van der Waals surface area (Å²) in [5.74, 6) is -0.204. The Kier molecular flexibility index (Phi) is 6.49. The Morgan fingerprint density at radius 3 is 2.39 bits per heavy atom. The topological polar surface area (TPSA) is 75.2 Å². The summed E-state index contributed by atoms with van der Waals surface area (Å²) >= 11 is 1.10. The van der Waals surface area contributed by atoms with Crippen molar-refractivity contribution in [2.24, 2.45) is 0 Å². The molecule has 0 bridgehead atoms. The Hall–Kier alpha value is -3.06. The van der Waals surface area contributed by atoms with E-state index in [-0.39, 0.29) is 24.1 Å². The molecule has 6 nitrogen and oxygen atoms in total. The standard InChI is InChI=1S/C21H22N4O2S/c1-15(2)17-8-10-18(11-9-17)25(21(27)19-14-28-24-23-19)13-20(26)22-12-16-6-4-3-5-7-16/h3-11,14-15H,12-13H2,1-2H3,(H,22,26). The number of carbonyl (C=O) groups is 2. The minimum absolute atomic E-state index is 0.0930. The summed E-state index contributed by atoms with van der Waals surface area (Å²) in [6.45, 7) is 4.53. The highest BCUT2D eigenvalue weighted by molar-refractivity contribution is 7.03. The molecule has 0 radical (unpaired) electrons. The lowest BCUT2D eigenvalue weighted by Crippen LogP contribution is -2.41. The molecule has 3 aromatic rings. The number of carbonyl (C=O) groups excluding carboxylic acids is 2. The van der Waals surface area contributed by atoms with Gasteiger partial charge in [-0.2, -0.15) is 0 Å². The van der Waals surface area contributed by atoms with Gasteiger partial charge in [-0.25, -0.2) is 0 Å². The summed E-state index contributed by atoms with van der Waals surface area (Å²) in [6.07, 6.45) is 0. The van der Waals surface area contributed by atoms with Crippen LogP contribution in [0.3, 0.4) is 0 Å². The van der Waals surface area contributed by atoms with Crippen LogP contribution in [0.2, 0.25) is 0 Å². The minimum Gasteiger partial charge on any atom is -0.350 e. The maximum Gasteiger partial charge on any atom is 0.280 e. The number of benzene rings is 2. The van der Waals surface area contributed by atoms with E-state index in [0.29, 0.717) is 18.2 Å². The number of nitrogens with zero attached hydrogens (tertiary/aromatic N) is 3. The van der Waals surface area contributed by atoms with Gasteiger partial charge >= 0.3 is 0 Å². The molecule has 0 aliphatic heterocycles. The molecule has 3 rings (SSSR count). The fraction of sp³-hybridized carbons (Fsp3) is 0.238. The average molecular weight is 395 g/mol. The van der Waals surface area contributed by atoms with Crippen LogP contribution in [-0.2, 0) is 11.3 Å². The van der Waals surface area contributed by atoms with E-state index in [9.17, 15) is 9.59 Å². The van der Waals surface area contributed by atoms with Crippen molar-refractivity contribution in [2.75, 3.05) is 11.4 Å². The van der Waals surface area contributed by atoms with Gasteiger partial charge in [-0.3, -0.25) is 14.5 Å². The zero-order chi connectivity index (χ0) is 19.9. The van der Waals surface area contributed by atoms with E-state index in [1.807, 2.05) is 54.6 Å². The van der Waals surface area contributed by atoms with Gasteiger partial charge in [0.25, 0.3) is 5.91 Å². The second-order valence-corrected chi connectivity index (χ2v) is 7.30. The second kappa shape index (κ2) is 9.23. The molecular formula is C21H22N4O2S. The molecule has 1 N–H and O–H groups in total. The van der Waals surface area contributed by atoms with Crippen LogP contribution < -0.4 is 10.2 Å². The summed E-state index contributed by atoms with van der Waals surface area (Å²) in [5.41, 5.74) is 3.05. The van der Waals surface area contributed by atoms with Crippen molar-refractivity contribution in [3.05, 3.63) is 76.8 Å². The zero-order valence-electron chi connectivity index (χ0n) is 15.8. The van der Waals surface area contributed by atoms with Gasteiger partial charge in [0.1, 0.15) is 6.54 Å². The number of amides is 2. The Morgan fingerprint density at radius 1 is 1.07 bits per heavy atom. The lowest BCUT2D eigenvalue weighted by Gasteiger charge is -2.22. The van der Waals surface area contributed by atoms with Crippen LogP contribution >= 0.6 is 11.5 Å². The Morgan fingerprint density at radius 2 is 1.79 bits per heavy atom. The third-order valence-electron chi connectivity index (χ3n) is 4.33. The third-order valence-corrected chi connectivity index (χ3v) is 4.83. The summed E-state index contributed by atoms with van der Waals surface area (Å²) < 4.78 is 3.76. The van der Waals surface area contributed by atoms with Gasteiger partial charge in [-0.05, 0) is 40.7 Å². The summed E-state index contributed by atoms with van der Waals surface area (Å²) in [6, 6.07) is 17.3. The summed E-state index contributed by atoms with van der Waals surface area (Å²) in [4.78, 5) is 26.8. The highest BCUT2D eigenvalue weighted by Gasteiger charge is 2.22. The largest absolute Gasteiger partial charge is 0.350 e. The normalized spacial score (nSPS) is 10.7. The Balaban J connectivity index is 1.76. The van der Waals surface area contributed by atoms with Crippen LogP contribution in [0.4, 0.5) is 5.69 Å². The van der Waals surface area contributed by atoms with E-state index >= 15 is 0 Å². The van der Waals surface area contributed by atoms with Crippen molar-refractivity contribution in [1.29, 1.82) is 0 Å². The molecule has 0 spiro atoms. The maximum absolute atomic E-state index is 12.9. The number of hydrogen-bond donors (Lipinski definition) is 1. The number of aromatic nitrogens is 2. The van der Waals surface area contributed by atoms with Crippen molar-refractivity contribution >= 4 is 29.0 Å². The molecule has 7 heteroatoms. The van der Waals surface area contributed by atoms with Gasteiger partial charge in [-0.15, -0.1) is 5.10 Å². The van der Waals surface area contributed by atoms with Crippen molar-refractivity contribution in [3.63, 3.8) is 0 Å². The van der Waals surface area contributed by atoms with Crippen molar-refractivity contribution in [3.8, 4) is 0 Å². The molecule has 0 aliphatic rings. The quantitative estimate of drug-likeness (QED) is 0.664. The molecule has 0 atom stereocenters. The van der Waals surface area contributed by atoms with E-state index in [0.717, 1.165) is 17.1 Å². The molecule has 0 unspecified atom stereocenters. The predicted molar refractivity (Wildman–Crippen MR) is 110 cm³/mol. The molecule has 28 heavy (non-hydrogen) atoms. The van der Waals surface area contributed by atoms with E-state index in [1.54, 1.807) is 5.38 Å². The average Bonchev–Trinajstić information content (AvgIpc) is 3.26. The minimum atomic E-state index is -0.346. The molecule has 0 saturated heterocycles. The smallest absolute Gasteiger partial charge is 0.280 e. The van der Waals surface area contributed by atoms with Crippen LogP contribution in [0, 0.1) is 0 Å². The summed E-state index contributed by atoms with van der Waals surface area (Å²) in [5, 5.41) is 8.30. The fourth-order valence-corrected chi connectivity index (χ4v) is 3.14. The monoisotopic (exact) mass is 394 g/mol. The fourth-order valence-electron chi connectivity index (χ4n) is 2.71. The first-order chi connectivity index (χ1) is 13.5. The molecular weight excluding hydrogens is 372 g/mol. The number of rotatable bonds is 7. The highest BCUT2D eigenvalue weighted by Crippen LogP contribution is 2.21. The molecule has 2 aromatic carbocycles. The van der Waals surface area contributed by atoms with Crippen molar-refractivity contribution < 1.29 is 9.59 Å². The predicted octanol–water partition coefficient (Wildman–Crippen LogP) is 3.62. The van der Waals surface area contributed by atoms with Crippen LogP contribution in [0.25, 0.3) is 0 Å². The van der Waals surface area contributed by atoms with E-state index in [2.05, 4.69) is 28.8 Å². The SMILES string of the molecule is CC(C)c1ccc(N(CC(=O)NCc2ccccc2)C(=O)c2csnn2)cc1. The number of anilines is 1. The molecule has 0 aliphatic carbocycles. The number of nitrogens with one attached hydrogen (secondary N) is 1. The van der Waals surface area contributed by atoms with Gasteiger partial charge in [0, 0.05) is 17.6 Å². The Labute approximate surface area is 168 Å². The van der Waals surface area contributed by atoms with Gasteiger partial charge in [0.15, 0.2) is 5.69 Å². The first-order valence-electron chi connectivity index (χ1n) is 9.04. The molecule has 2 amide bonds. The van der Waals surface area contributed by atoms with Crippen LogP contribution in [-0.4, -0.2) is 27.9 Å². The lowest BCUT2D eigenvalue weighted by atomic mass is 10.0. The second-order valence-electron chi connectivity index (χ2n) is 6.69. The van der Waals surface area contributed by atoms with Crippen molar-refractivity contribution in [1.82, 2.24) is 14.9 Å². The molecule has 0 fully saturated rings. The number of hydrogen-bond acceptors (Lipinski definition) is 5. The van der Waals surface area contributed by atoms with E-state index in [4.69, 9.17) is 0 Å². The van der Waals surface area contributed by atoms with Crippen LogP contribution in [0.1, 0.15) is 41.4 Å². The van der Waals surface area contributed by atoms with Gasteiger partial charge < -0.3 is 5.32 Å². The molecule has 0 saturated carbocycles. The molecule has 1 heterocycles. The molecule has 144 valence electrons. The van der Waals surface area contributed by atoms with Gasteiger partial charge in [-0.1, -0.05) is 60.8 Å². The van der Waals surface area contributed by atoms with E-state index in [1.165, 1.54) is 10.5 Å². The first kappa shape index (κ1) is 19.7. The summed E-state index contributed by atoms with van der Waals surface area (Å²) in [7, 11) is 0. The third kappa shape index (κ3) is 5.01. The van der Waals surface area contributed by atoms with Gasteiger partial charge in [0.05, 0.1) is 0 Å². The van der Waals surface area contributed by atoms with Gasteiger partial charge in [0.2, 0.25) is 5.91 Å².